The molecule has 1 aliphatic heterocycles. The van der Waals surface area contributed by atoms with Gasteiger partial charge in [0.15, 0.2) is 0 Å². The van der Waals surface area contributed by atoms with Crippen molar-refractivity contribution in [1.29, 1.82) is 0 Å². The van der Waals surface area contributed by atoms with Crippen LogP contribution in [0.25, 0.3) is 0 Å². The summed E-state index contributed by atoms with van der Waals surface area (Å²) in [5, 5.41) is 12.8. The summed E-state index contributed by atoms with van der Waals surface area (Å²) in [7, 11) is 0. The summed E-state index contributed by atoms with van der Waals surface area (Å²) in [6.45, 7) is 6.39. The first-order valence-corrected chi connectivity index (χ1v) is 6.28. The van der Waals surface area contributed by atoms with Crippen molar-refractivity contribution in [3.05, 3.63) is 34.4 Å². The maximum absolute atomic E-state index is 10.5. The number of quaternary nitrogens is 2. The van der Waals surface area contributed by atoms with Gasteiger partial charge >= 0.3 is 0 Å². The number of piperazine rings is 1. The van der Waals surface area contributed by atoms with Crippen LogP contribution < -0.4 is 15.0 Å². The van der Waals surface area contributed by atoms with Gasteiger partial charge in [-0.1, -0.05) is 0 Å². The molecule has 6 nitrogen and oxygen atoms in total. The first-order valence-electron chi connectivity index (χ1n) is 6.28. The Morgan fingerprint density at radius 1 is 1.28 bits per heavy atom. The highest BCUT2D eigenvalue weighted by Gasteiger charge is 2.14. The van der Waals surface area contributed by atoms with Crippen LogP contribution in [0.15, 0.2) is 24.3 Å². The van der Waals surface area contributed by atoms with Crippen LogP contribution in [-0.4, -0.2) is 44.3 Å². The van der Waals surface area contributed by atoms with Gasteiger partial charge in [0.1, 0.15) is 45.1 Å². The fourth-order valence-electron chi connectivity index (χ4n) is 2.11. The second-order valence-electron chi connectivity index (χ2n) is 4.47. The van der Waals surface area contributed by atoms with Crippen molar-refractivity contribution in [2.45, 2.75) is 0 Å². The fraction of sp³-hybridized carbons (Fsp3) is 0.500. The molecule has 98 valence electrons. The van der Waals surface area contributed by atoms with E-state index in [4.69, 9.17) is 4.74 Å². The van der Waals surface area contributed by atoms with E-state index in [2.05, 4.69) is 5.32 Å². The van der Waals surface area contributed by atoms with Gasteiger partial charge in [-0.05, 0) is 12.1 Å². The van der Waals surface area contributed by atoms with E-state index in [1.165, 1.54) is 38.3 Å². The first kappa shape index (κ1) is 12.8. The lowest BCUT2D eigenvalue weighted by Crippen LogP contribution is -3.20. The van der Waals surface area contributed by atoms with Crippen LogP contribution in [0.1, 0.15) is 0 Å². The van der Waals surface area contributed by atoms with Crippen LogP contribution >= 0.6 is 0 Å². The molecule has 0 atom stereocenters. The second-order valence-corrected chi connectivity index (χ2v) is 4.47. The van der Waals surface area contributed by atoms with Crippen molar-refractivity contribution in [2.75, 3.05) is 39.3 Å². The molecule has 1 aliphatic rings. The van der Waals surface area contributed by atoms with Gasteiger partial charge in [-0.25, -0.2) is 0 Å². The largest absolute Gasteiger partial charge is 0.488 e. The van der Waals surface area contributed by atoms with Gasteiger partial charge in [0.2, 0.25) is 0 Å². The number of non-ortho nitro benzene ring substituents is 1. The molecule has 1 saturated heterocycles. The summed E-state index contributed by atoms with van der Waals surface area (Å²) in [6.07, 6.45) is 0. The molecule has 1 aromatic carbocycles. The zero-order chi connectivity index (χ0) is 12.8. The Morgan fingerprint density at radius 2 is 1.94 bits per heavy atom. The lowest BCUT2D eigenvalue weighted by atomic mass is 10.3. The van der Waals surface area contributed by atoms with Crippen LogP contribution in [0.4, 0.5) is 5.69 Å². The predicted octanol–water partition coefficient (Wildman–Crippen LogP) is -1.56. The molecule has 1 fully saturated rings. The maximum Gasteiger partial charge on any atom is 0.269 e. The maximum atomic E-state index is 10.5. The number of nitro benzene ring substituents is 1. The molecule has 0 bridgehead atoms. The van der Waals surface area contributed by atoms with Crippen LogP contribution in [0.5, 0.6) is 5.75 Å². The van der Waals surface area contributed by atoms with Gasteiger partial charge in [-0.2, -0.15) is 0 Å². The van der Waals surface area contributed by atoms with E-state index in [1.54, 1.807) is 17.0 Å². The Labute approximate surface area is 106 Å². The Hall–Kier alpha value is -1.66. The zero-order valence-corrected chi connectivity index (χ0v) is 10.3. The Bertz CT molecular complexity index is 388. The summed E-state index contributed by atoms with van der Waals surface area (Å²) in [4.78, 5) is 11.7. The number of nitrogens with zero attached hydrogens (tertiary/aromatic N) is 1. The number of hydrogen-bond donors (Lipinski definition) is 2. The average molecular weight is 253 g/mol. The number of nitro groups is 1. The molecule has 1 aromatic rings. The summed E-state index contributed by atoms with van der Waals surface area (Å²) in [5.74, 6) is 0.698. The van der Waals surface area contributed by atoms with E-state index in [0.29, 0.717) is 12.4 Å². The van der Waals surface area contributed by atoms with E-state index in [0.717, 1.165) is 6.54 Å². The van der Waals surface area contributed by atoms with Crippen molar-refractivity contribution >= 4 is 5.69 Å². The van der Waals surface area contributed by atoms with Gasteiger partial charge in [-0.3, -0.25) is 10.1 Å². The molecular weight excluding hydrogens is 234 g/mol. The number of ether oxygens (including phenoxy) is 1. The Morgan fingerprint density at radius 3 is 2.56 bits per heavy atom. The smallest absolute Gasteiger partial charge is 0.269 e. The highest BCUT2D eigenvalue weighted by Crippen LogP contribution is 2.16. The Kier molecular flexibility index (Phi) is 4.49. The quantitative estimate of drug-likeness (QED) is 0.492. The second kappa shape index (κ2) is 6.32. The minimum Gasteiger partial charge on any atom is -0.488 e. The van der Waals surface area contributed by atoms with Gasteiger partial charge in [0, 0.05) is 12.1 Å². The SMILES string of the molecule is O=[N+]([O-])c1ccc(OCC[NH+]2CC[NH2+]CC2)cc1. The molecule has 0 radical (unpaired) electrons. The molecule has 0 aromatic heterocycles. The standard InChI is InChI=1S/C12H17N3O3/c16-15(17)11-1-3-12(4-2-11)18-10-9-14-7-5-13-6-8-14/h1-4,13H,5-10H2/p+2. The fourth-order valence-corrected chi connectivity index (χ4v) is 2.11. The van der Waals surface area contributed by atoms with E-state index in [9.17, 15) is 10.1 Å². The van der Waals surface area contributed by atoms with Crippen molar-refractivity contribution in [3.63, 3.8) is 0 Å². The molecule has 2 rings (SSSR count). The van der Waals surface area contributed by atoms with Gasteiger partial charge < -0.3 is 15.0 Å². The third-order valence-corrected chi connectivity index (χ3v) is 3.18. The van der Waals surface area contributed by atoms with Gasteiger partial charge in [0.25, 0.3) is 5.69 Å². The van der Waals surface area contributed by atoms with Gasteiger partial charge in [-0.15, -0.1) is 0 Å². The van der Waals surface area contributed by atoms with E-state index in [-0.39, 0.29) is 5.69 Å². The number of rotatable bonds is 5. The lowest BCUT2D eigenvalue weighted by molar-refractivity contribution is -0.946. The van der Waals surface area contributed by atoms with E-state index >= 15 is 0 Å². The number of benzene rings is 1. The molecule has 6 heteroatoms. The minimum absolute atomic E-state index is 0.0968. The molecule has 18 heavy (non-hydrogen) atoms. The molecule has 0 saturated carbocycles. The van der Waals surface area contributed by atoms with Crippen molar-refractivity contribution in [2.24, 2.45) is 0 Å². The minimum atomic E-state index is -0.405. The number of nitrogens with two attached hydrogens (primary N) is 1. The van der Waals surface area contributed by atoms with Crippen LogP contribution in [0.2, 0.25) is 0 Å². The van der Waals surface area contributed by atoms with Crippen molar-refractivity contribution in [3.8, 4) is 5.75 Å². The highest BCUT2D eigenvalue weighted by molar-refractivity contribution is 5.35. The van der Waals surface area contributed by atoms with Crippen molar-refractivity contribution in [1.82, 2.24) is 0 Å². The number of hydrogen-bond acceptors (Lipinski definition) is 3. The van der Waals surface area contributed by atoms with Crippen LogP contribution in [-0.2, 0) is 0 Å². The van der Waals surface area contributed by atoms with Crippen molar-refractivity contribution < 1.29 is 19.9 Å². The van der Waals surface area contributed by atoms with Gasteiger partial charge in [0.05, 0.1) is 4.92 Å². The summed E-state index contributed by atoms with van der Waals surface area (Å²) in [6, 6.07) is 6.24. The topological polar surface area (TPSA) is 73.4 Å². The molecule has 0 spiro atoms. The first-order chi connectivity index (χ1) is 8.75. The molecule has 0 unspecified atom stereocenters. The zero-order valence-electron chi connectivity index (χ0n) is 10.3. The summed E-state index contributed by atoms with van der Waals surface area (Å²) < 4.78 is 5.59. The number of nitrogens with one attached hydrogen (secondary N) is 1. The third kappa shape index (κ3) is 3.68. The van der Waals surface area contributed by atoms with E-state index < -0.39 is 4.92 Å². The normalized spacial score (nSPS) is 16.4. The third-order valence-electron chi connectivity index (χ3n) is 3.18. The van der Waals surface area contributed by atoms with E-state index in [1.807, 2.05) is 0 Å². The molecule has 3 N–H and O–H groups in total. The molecule has 1 heterocycles. The van der Waals surface area contributed by atoms with Crippen LogP contribution in [0, 0.1) is 10.1 Å². The Balaban J connectivity index is 1.74. The average Bonchev–Trinajstić information content (AvgIpc) is 2.40. The van der Waals surface area contributed by atoms with Crippen LogP contribution in [0.3, 0.4) is 0 Å². The molecular formula is C12H19N3O3+2. The predicted molar refractivity (Wildman–Crippen MR) is 65.8 cm³/mol. The summed E-state index contributed by atoms with van der Waals surface area (Å²) in [5.41, 5.74) is 0.0968. The highest BCUT2D eigenvalue weighted by atomic mass is 16.6. The summed E-state index contributed by atoms with van der Waals surface area (Å²) >= 11 is 0. The lowest BCUT2D eigenvalue weighted by Gasteiger charge is -2.22. The molecule has 0 aliphatic carbocycles. The molecule has 0 amide bonds. The monoisotopic (exact) mass is 253 g/mol.